The van der Waals surface area contributed by atoms with Crippen LogP contribution < -0.4 is 5.32 Å². The number of carbonyl (C=O) groups excluding carboxylic acids is 1. The SMILES string of the molecule is CCCCC/C=C/CC/C=C/C(O)C(COC1OC(CO)C(OC2OC(CO)C(O)C(O)C2O)C(O)C1O)NC(=O)CCCCCCCC. The lowest BCUT2D eigenvalue weighted by Crippen LogP contribution is -2.65. The van der Waals surface area contributed by atoms with E-state index < -0.39 is 86.8 Å². The predicted octanol–water partition coefficient (Wildman–Crippen LogP) is 0.696. The van der Waals surface area contributed by atoms with Crippen LogP contribution in [0.5, 0.6) is 0 Å². The lowest BCUT2D eigenvalue weighted by molar-refractivity contribution is -0.359. The van der Waals surface area contributed by atoms with Crippen molar-refractivity contribution in [3.05, 3.63) is 24.3 Å². The molecule has 12 atom stereocenters. The van der Waals surface area contributed by atoms with Crippen LogP contribution in [-0.4, -0.2) is 140 Å². The number of rotatable bonds is 24. The standard InChI is InChI=1S/C35H63NO13/c1-3-5-7-9-11-12-13-14-16-18-24(39)23(36-27(40)19-17-15-10-8-6-4-2)22-46-34-32(45)30(43)33(26(21-38)48-34)49-35-31(44)29(42)28(41)25(20-37)47-35/h11-12,16,18,23-26,28-35,37-39,41-45H,3-10,13-15,17,19-22H2,1-2H3,(H,36,40)/b12-11+,18-16+. The quantitative estimate of drug-likeness (QED) is 0.0498. The van der Waals surface area contributed by atoms with E-state index >= 15 is 0 Å². The number of unbranched alkanes of at least 4 members (excludes halogenated alkanes) is 9. The highest BCUT2D eigenvalue weighted by Gasteiger charge is 2.50. The molecule has 0 aromatic rings. The Hall–Kier alpha value is -1.53. The average Bonchev–Trinajstić information content (AvgIpc) is 3.09. The molecule has 0 saturated carbocycles. The molecule has 12 unspecified atom stereocenters. The molecule has 0 aromatic heterocycles. The van der Waals surface area contributed by atoms with E-state index in [4.69, 9.17) is 18.9 Å². The van der Waals surface area contributed by atoms with Crippen molar-refractivity contribution >= 4 is 5.91 Å². The normalized spacial score (nSPS) is 32.1. The fourth-order valence-electron chi connectivity index (χ4n) is 5.77. The maximum absolute atomic E-state index is 12.8. The topological polar surface area (TPSA) is 228 Å². The van der Waals surface area contributed by atoms with E-state index in [1.807, 2.05) is 6.08 Å². The fourth-order valence-corrected chi connectivity index (χ4v) is 5.77. The van der Waals surface area contributed by atoms with Crippen molar-refractivity contribution in [2.45, 2.75) is 171 Å². The van der Waals surface area contributed by atoms with Crippen molar-refractivity contribution in [3.63, 3.8) is 0 Å². The molecule has 2 heterocycles. The molecular weight excluding hydrogens is 642 g/mol. The van der Waals surface area contributed by atoms with Gasteiger partial charge in [-0.2, -0.15) is 0 Å². The average molecular weight is 706 g/mol. The van der Waals surface area contributed by atoms with Gasteiger partial charge in [0.2, 0.25) is 5.91 Å². The Kier molecular flexibility index (Phi) is 21.9. The molecule has 14 nitrogen and oxygen atoms in total. The smallest absolute Gasteiger partial charge is 0.220 e. The summed E-state index contributed by atoms with van der Waals surface area (Å²) >= 11 is 0. The number of hydrogen-bond acceptors (Lipinski definition) is 13. The van der Waals surface area contributed by atoms with E-state index in [2.05, 4.69) is 31.3 Å². The summed E-state index contributed by atoms with van der Waals surface area (Å²) in [7, 11) is 0. The van der Waals surface area contributed by atoms with Crippen LogP contribution in [-0.2, 0) is 23.7 Å². The van der Waals surface area contributed by atoms with Gasteiger partial charge in [0, 0.05) is 6.42 Å². The van der Waals surface area contributed by atoms with Gasteiger partial charge in [-0.25, -0.2) is 0 Å². The highest BCUT2D eigenvalue weighted by atomic mass is 16.7. The van der Waals surface area contributed by atoms with Crippen molar-refractivity contribution in [3.8, 4) is 0 Å². The second-order valence-corrected chi connectivity index (χ2v) is 13.0. The van der Waals surface area contributed by atoms with Crippen LogP contribution in [0.4, 0.5) is 0 Å². The van der Waals surface area contributed by atoms with Gasteiger partial charge in [-0.05, 0) is 32.1 Å². The second kappa shape index (κ2) is 24.6. The summed E-state index contributed by atoms with van der Waals surface area (Å²) < 4.78 is 22.4. The van der Waals surface area contributed by atoms with Crippen LogP contribution in [0.15, 0.2) is 24.3 Å². The molecular formula is C35H63NO13. The molecule has 2 fully saturated rings. The molecule has 0 bridgehead atoms. The Balaban J connectivity index is 2.02. The number of hydrogen-bond donors (Lipinski definition) is 9. The van der Waals surface area contributed by atoms with Gasteiger partial charge in [0.15, 0.2) is 12.6 Å². The first kappa shape index (κ1) is 43.6. The van der Waals surface area contributed by atoms with Crippen molar-refractivity contribution in [2.75, 3.05) is 19.8 Å². The van der Waals surface area contributed by atoms with Gasteiger partial charge >= 0.3 is 0 Å². The molecule has 49 heavy (non-hydrogen) atoms. The van der Waals surface area contributed by atoms with E-state index in [-0.39, 0.29) is 18.9 Å². The minimum atomic E-state index is -1.78. The maximum atomic E-state index is 12.8. The van der Waals surface area contributed by atoms with E-state index in [0.29, 0.717) is 12.8 Å². The summed E-state index contributed by atoms with van der Waals surface area (Å²) in [6.45, 7) is 2.57. The Morgan fingerprint density at radius 1 is 0.714 bits per heavy atom. The van der Waals surface area contributed by atoms with Crippen LogP contribution >= 0.6 is 0 Å². The van der Waals surface area contributed by atoms with E-state index in [1.54, 1.807) is 6.08 Å². The Morgan fingerprint density at radius 3 is 2.00 bits per heavy atom. The molecule has 9 N–H and O–H groups in total. The Labute approximate surface area is 290 Å². The first-order valence-electron chi connectivity index (χ1n) is 18.1. The third-order valence-electron chi connectivity index (χ3n) is 8.89. The van der Waals surface area contributed by atoms with Gasteiger partial charge in [0.25, 0.3) is 0 Å². The van der Waals surface area contributed by atoms with Gasteiger partial charge in [-0.15, -0.1) is 0 Å². The fraction of sp³-hybridized carbons (Fsp3) is 0.857. The summed E-state index contributed by atoms with van der Waals surface area (Å²) in [4.78, 5) is 12.8. The Bertz CT molecular complexity index is 935. The number of ether oxygens (including phenoxy) is 4. The van der Waals surface area contributed by atoms with Crippen molar-refractivity contribution in [1.29, 1.82) is 0 Å². The number of amides is 1. The minimum Gasteiger partial charge on any atom is -0.394 e. The number of allylic oxidation sites excluding steroid dienone is 3. The predicted molar refractivity (Wildman–Crippen MR) is 180 cm³/mol. The van der Waals surface area contributed by atoms with Crippen LogP contribution in [0.3, 0.4) is 0 Å². The second-order valence-electron chi connectivity index (χ2n) is 13.0. The molecule has 2 rings (SSSR count). The first-order valence-corrected chi connectivity index (χ1v) is 18.1. The van der Waals surface area contributed by atoms with E-state index in [1.165, 1.54) is 12.8 Å². The van der Waals surface area contributed by atoms with Crippen molar-refractivity contribution in [2.24, 2.45) is 0 Å². The molecule has 1 amide bonds. The van der Waals surface area contributed by atoms with E-state index in [9.17, 15) is 45.6 Å². The van der Waals surface area contributed by atoms with Crippen LogP contribution in [0.25, 0.3) is 0 Å². The van der Waals surface area contributed by atoms with Gasteiger partial charge in [0.1, 0.15) is 48.8 Å². The minimum absolute atomic E-state index is 0.266. The molecule has 0 radical (unpaired) electrons. The lowest BCUT2D eigenvalue weighted by Gasteiger charge is -2.46. The van der Waals surface area contributed by atoms with Crippen molar-refractivity contribution in [1.82, 2.24) is 5.32 Å². The van der Waals surface area contributed by atoms with Crippen molar-refractivity contribution < 1.29 is 64.6 Å². The largest absolute Gasteiger partial charge is 0.394 e. The summed E-state index contributed by atoms with van der Waals surface area (Å²) in [5.41, 5.74) is 0. The van der Waals surface area contributed by atoms with Gasteiger partial charge in [-0.1, -0.05) is 83.1 Å². The summed E-state index contributed by atoms with van der Waals surface area (Å²) in [6.07, 6.45) is 3.02. The van der Waals surface area contributed by atoms with E-state index in [0.717, 1.165) is 51.4 Å². The summed E-state index contributed by atoms with van der Waals surface area (Å²) in [5, 5.41) is 85.6. The van der Waals surface area contributed by atoms with Crippen LogP contribution in [0.1, 0.15) is 97.3 Å². The zero-order chi connectivity index (χ0) is 36.2. The Morgan fingerprint density at radius 2 is 1.31 bits per heavy atom. The molecule has 2 aliphatic rings. The molecule has 0 spiro atoms. The van der Waals surface area contributed by atoms with Gasteiger partial charge in [-0.3, -0.25) is 4.79 Å². The first-order chi connectivity index (χ1) is 23.6. The van der Waals surface area contributed by atoms with Gasteiger partial charge in [0.05, 0.1) is 32.0 Å². The lowest BCUT2D eigenvalue weighted by atomic mass is 9.97. The third-order valence-corrected chi connectivity index (χ3v) is 8.89. The number of aliphatic hydroxyl groups excluding tert-OH is 8. The molecule has 0 aliphatic carbocycles. The summed E-state index contributed by atoms with van der Waals surface area (Å²) in [5.74, 6) is -0.266. The maximum Gasteiger partial charge on any atom is 0.220 e. The van der Waals surface area contributed by atoms with Gasteiger partial charge < -0.3 is 65.1 Å². The molecule has 14 heteroatoms. The molecule has 2 saturated heterocycles. The number of carbonyl (C=O) groups is 1. The third kappa shape index (κ3) is 14.9. The number of aliphatic hydroxyl groups is 8. The highest BCUT2D eigenvalue weighted by molar-refractivity contribution is 5.76. The monoisotopic (exact) mass is 705 g/mol. The number of nitrogens with one attached hydrogen (secondary N) is 1. The molecule has 0 aromatic carbocycles. The summed E-state index contributed by atoms with van der Waals surface area (Å²) in [6, 6.07) is -0.919. The highest BCUT2D eigenvalue weighted by Crippen LogP contribution is 2.29. The van der Waals surface area contributed by atoms with Crippen LogP contribution in [0, 0.1) is 0 Å². The molecule has 286 valence electrons. The zero-order valence-electron chi connectivity index (χ0n) is 29.2. The zero-order valence-corrected chi connectivity index (χ0v) is 29.2. The van der Waals surface area contributed by atoms with Crippen LogP contribution in [0.2, 0.25) is 0 Å². The molecule has 2 aliphatic heterocycles.